The Morgan fingerprint density at radius 1 is 1.21 bits per heavy atom. The van der Waals surface area contributed by atoms with Crippen molar-refractivity contribution in [2.24, 2.45) is 11.7 Å². The number of fused-ring (bicyclic) bond motifs is 1. The summed E-state index contributed by atoms with van der Waals surface area (Å²) in [6.07, 6.45) is 6.10. The number of rotatable bonds is 2. The number of hydrogen-bond acceptors (Lipinski definition) is 2. The molecule has 19 heavy (non-hydrogen) atoms. The van der Waals surface area contributed by atoms with Crippen molar-refractivity contribution in [2.75, 3.05) is 0 Å². The Balaban J connectivity index is 1.64. The van der Waals surface area contributed by atoms with E-state index in [1.165, 1.54) is 11.1 Å². The lowest BCUT2D eigenvalue weighted by Gasteiger charge is -2.27. The molecule has 3 heteroatoms. The summed E-state index contributed by atoms with van der Waals surface area (Å²) in [7, 11) is 0. The summed E-state index contributed by atoms with van der Waals surface area (Å²) in [6.45, 7) is 0. The SMILES string of the molecule is NC1CCCC(C(=O)NC2CCc3ccccc32)C1. The first kappa shape index (κ1) is 12.7. The van der Waals surface area contributed by atoms with Crippen LogP contribution in [0.1, 0.15) is 49.3 Å². The van der Waals surface area contributed by atoms with Gasteiger partial charge in [-0.25, -0.2) is 0 Å². The van der Waals surface area contributed by atoms with Gasteiger partial charge in [0.05, 0.1) is 6.04 Å². The molecule has 3 unspecified atom stereocenters. The smallest absolute Gasteiger partial charge is 0.223 e. The third kappa shape index (κ3) is 2.66. The predicted molar refractivity (Wildman–Crippen MR) is 75.6 cm³/mol. The van der Waals surface area contributed by atoms with Crippen LogP contribution in [0.3, 0.4) is 0 Å². The van der Waals surface area contributed by atoms with Crippen LogP contribution >= 0.6 is 0 Å². The van der Waals surface area contributed by atoms with Gasteiger partial charge in [-0.1, -0.05) is 30.7 Å². The second-order valence-corrected chi connectivity index (χ2v) is 5.92. The van der Waals surface area contributed by atoms with Crippen LogP contribution in [0.5, 0.6) is 0 Å². The molecule has 0 aromatic heterocycles. The molecule has 1 aromatic carbocycles. The molecule has 0 aliphatic heterocycles. The van der Waals surface area contributed by atoms with Gasteiger partial charge in [0.25, 0.3) is 0 Å². The molecule has 1 saturated carbocycles. The Bertz CT molecular complexity index is 472. The molecule has 2 aliphatic carbocycles. The molecule has 0 saturated heterocycles. The van der Waals surface area contributed by atoms with Crippen molar-refractivity contribution in [1.29, 1.82) is 0 Å². The lowest BCUT2D eigenvalue weighted by Crippen LogP contribution is -2.38. The number of amides is 1. The number of aryl methyl sites for hydroxylation is 1. The zero-order valence-corrected chi connectivity index (χ0v) is 11.3. The summed E-state index contributed by atoms with van der Waals surface area (Å²) in [4.78, 5) is 12.3. The van der Waals surface area contributed by atoms with Gasteiger partial charge < -0.3 is 11.1 Å². The van der Waals surface area contributed by atoms with Crippen molar-refractivity contribution in [1.82, 2.24) is 5.32 Å². The minimum absolute atomic E-state index is 0.122. The first-order chi connectivity index (χ1) is 9.24. The maximum Gasteiger partial charge on any atom is 0.223 e. The van der Waals surface area contributed by atoms with Gasteiger partial charge >= 0.3 is 0 Å². The van der Waals surface area contributed by atoms with Crippen LogP contribution in [0.15, 0.2) is 24.3 Å². The molecule has 1 aromatic rings. The standard InChI is InChI=1S/C16H22N2O/c17-13-6-3-5-12(10-13)16(19)18-15-9-8-11-4-1-2-7-14(11)15/h1-2,4,7,12-13,15H,3,5-6,8-10,17H2,(H,18,19). The fraction of sp³-hybridized carbons (Fsp3) is 0.562. The van der Waals surface area contributed by atoms with E-state index in [4.69, 9.17) is 5.73 Å². The molecule has 2 aliphatic rings. The topological polar surface area (TPSA) is 55.1 Å². The number of nitrogens with two attached hydrogens (primary N) is 1. The summed E-state index contributed by atoms with van der Waals surface area (Å²) in [5.41, 5.74) is 8.65. The fourth-order valence-electron chi connectivity index (χ4n) is 3.46. The molecule has 1 amide bonds. The van der Waals surface area contributed by atoms with E-state index in [1.807, 2.05) is 0 Å². The largest absolute Gasteiger partial charge is 0.349 e. The van der Waals surface area contributed by atoms with Crippen molar-refractivity contribution in [3.8, 4) is 0 Å². The third-order valence-electron chi connectivity index (χ3n) is 4.53. The Kier molecular flexibility index (Phi) is 3.56. The minimum atomic E-state index is 0.122. The van der Waals surface area contributed by atoms with Gasteiger partial charge in [-0.3, -0.25) is 4.79 Å². The monoisotopic (exact) mass is 258 g/mol. The van der Waals surface area contributed by atoms with Gasteiger partial charge in [0.1, 0.15) is 0 Å². The van der Waals surface area contributed by atoms with E-state index in [9.17, 15) is 4.79 Å². The molecular weight excluding hydrogens is 236 g/mol. The molecule has 102 valence electrons. The zero-order valence-electron chi connectivity index (χ0n) is 11.3. The van der Waals surface area contributed by atoms with Gasteiger partial charge in [0.2, 0.25) is 5.91 Å². The molecule has 3 nitrogen and oxygen atoms in total. The highest BCUT2D eigenvalue weighted by Gasteiger charge is 2.29. The number of hydrogen-bond donors (Lipinski definition) is 2. The van der Waals surface area contributed by atoms with Crippen LogP contribution in [0, 0.1) is 5.92 Å². The molecule has 3 N–H and O–H groups in total. The number of nitrogens with one attached hydrogen (secondary N) is 1. The predicted octanol–water partition coefficient (Wildman–Crippen LogP) is 2.31. The number of carbonyl (C=O) groups is 1. The third-order valence-corrected chi connectivity index (χ3v) is 4.53. The van der Waals surface area contributed by atoms with Gasteiger partial charge in [-0.2, -0.15) is 0 Å². The summed E-state index contributed by atoms with van der Waals surface area (Å²) in [5.74, 6) is 0.327. The Morgan fingerprint density at radius 2 is 2.05 bits per heavy atom. The van der Waals surface area contributed by atoms with Crippen LogP contribution in [-0.4, -0.2) is 11.9 Å². The highest BCUT2D eigenvalue weighted by Crippen LogP contribution is 2.32. The molecule has 1 fully saturated rings. The second kappa shape index (κ2) is 5.33. The van der Waals surface area contributed by atoms with Crippen LogP contribution in [0.2, 0.25) is 0 Å². The first-order valence-corrected chi connectivity index (χ1v) is 7.38. The molecule has 0 heterocycles. The quantitative estimate of drug-likeness (QED) is 0.855. The molecule has 0 bridgehead atoms. The Morgan fingerprint density at radius 3 is 2.89 bits per heavy atom. The highest BCUT2D eigenvalue weighted by atomic mass is 16.1. The average molecular weight is 258 g/mol. The summed E-state index contributed by atoms with van der Waals surface area (Å²) >= 11 is 0. The summed E-state index contributed by atoms with van der Waals surface area (Å²) in [6, 6.07) is 8.85. The number of benzene rings is 1. The fourth-order valence-corrected chi connectivity index (χ4v) is 3.46. The van der Waals surface area contributed by atoms with Crippen LogP contribution in [0.4, 0.5) is 0 Å². The van der Waals surface area contributed by atoms with Crippen molar-refractivity contribution < 1.29 is 4.79 Å². The van der Waals surface area contributed by atoms with Gasteiger partial charge in [-0.15, -0.1) is 0 Å². The summed E-state index contributed by atoms with van der Waals surface area (Å²) < 4.78 is 0. The molecule has 0 radical (unpaired) electrons. The lowest BCUT2D eigenvalue weighted by atomic mass is 9.85. The van der Waals surface area contributed by atoms with Crippen molar-refractivity contribution in [3.63, 3.8) is 0 Å². The first-order valence-electron chi connectivity index (χ1n) is 7.38. The Labute approximate surface area is 114 Å². The van der Waals surface area contributed by atoms with Crippen molar-refractivity contribution >= 4 is 5.91 Å². The Hall–Kier alpha value is -1.35. The molecule has 3 atom stereocenters. The molecule has 0 spiro atoms. The maximum absolute atomic E-state index is 12.3. The van der Waals surface area contributed by atoms with Crippen LogP contribution in [0.25, 0.3) is 0 Å². The van der Waals surface area contributed by atoms with E-state index in [0.717, 1.165) is 38.5 Å². The van der Waals surface area contributed by atoms with Crippen molar-refractivity contribution in [2.45, 2.75) is 50.6 Å². The van der Waals surface area contributed by atoms with E-state index >= 15 is 0 Å². The minimum Gasteiger partial charge on any atom is -0.349 e. The van der Waals surface area contributed by atoms with Gasteiger partial charge in [0, 0.05) is 12.0 Å². The van der Waals surface area contributed by atoms with E-state index in [0.29, 0.717) is 0 Å². The zero-order chi connectivity index (χ0) is 13.2. The normalized spacial score (nSPS) is 29.8. The van der Waals surface area contributed by atoms with Crippen LogP contribution in [-0.2, 0) is 11.2 Å². The lowest BCUT2D eigenvalue weighted by molar-refractivity contribution is -0.126. The highest BCUT2D eigenvalue weighted by molar-refractivity contribution is 5.79. The van der Waals surface area contributed by atoms with Crippen molar-refractivity contribution in [3.05, 3.63) is 35.4 Å². The molecule has 3 rings (SSSR count). The van der Waals surface area contributed by atoms with E-state index in [1.54, 1.807) is 0 Å². The average Bonchev–Trinajstić information content (AvgIpc) is 2.82. The number of carbonyl (C=O) groups excluding carboxylic acids is 1. The second-order valence-electron chi connectivity index (χ2n) is 5.92. The van der Waals surface area contributed by atoms with E-state index in [-0.39, 0.29) is 23.9 Å². The van der Waals surface area contributed by atoms with Gasteiger partial charge in [0.15, 0.2) is 0 Å². The molecular formula is C16H22N2O. The maximum atomic E-state index is 12.3. The van der Waals surface area contributed by atoms with E-state index in [2.05, 4.69) is 29.6 Å². The van der Waals surface area contributed by atoms with Crippen LogP contribution < -0.4 is 11.1 Å². The van der Waals surface area contributed by atoms with E-state index < -0.39 is 0 Å². The van der Waals surface area contributed by atoms with Gasteiger partial charge in [-0.05, 0) is 43.2 Å². The summed E-state index contributed by atoms with van der Waals surface area (Å²) in [5, 5.41) is 3.23.